The highest BCUT2D eigenvalue weighted by atomic mass is 16.3. The van der Waals surface area contributed by atoms with Crippen molar-refractivity contribution in [1.29, 1.82) is 0 Å². The predicted octanol–water partition coefficient (Wildman–Crippen LogP) is 2.77. The number of carbonyl (C=O) groups excluding carboxylic acids is 1. The van der Waals surface area contributed by atoms with E-state index in [1.807, 2.05) is 38.1 Å². The number of aryl methyl sites for hydroxylation is 2. The van der Waals surface area contributed by atoms with Crippen LogP contribution in [0.2, 0.25) is 0 Å². The molecule has 2 rings (SSSR count). The van der Waals surface area contributed by atoms with Crippen molar-refractivity contribution in [2.24, 2.45) is 5.73 Å². The van der Waals surface area contributed by atoms with Crippen molar-refractivity contribution >= 4 is 11.6 Å². The van der Waals surface area contributed by atoms with Gasteiger partial charge in [0, 0.05) is 16.8 Å². The summed E-state index contributed by atoms with van der Waals surface area (Å²) in [5, 5.41) is 2.86. The quantitative estimate of drug-likeness (QED) is 0.832. The first-order chi connectivity index (χ1) is 10.0. The van der Waals surface area contributed by atoms with Crippen LogP contribution in [-0.4, -0.2) is 12.5 Å². The fourth-order valence-electron chi connectivity index (χ4n) is 2.11. The van der Waals surface area contributed by atoms with E-state index in [1.54, 1.807) is 6.92 Å². The lowest BCUT2D eigenvalue weighted by molar-refractivity contribution is 0.102. The standard InChI is InChI=1S/C17H18N2O2/c1-11-12(2)21-13(3)16(11)17(20)19-15-8-6-14(7-9-15)5-4-10-18/h6-9H,10,18H2,1-3H3,(H,19,20). The molecule has 0 bridgehead atoms. The molecule has 2 aromatic rings. The molecule has 0 atom stereocenters. The van der Waals surface area contributed by atoms with Gasteiger partial charge in [-0.2, -0.15) is 0 Å². The smallest absolute Gasteiger partial charge is 0.259 e. The Kier molecular flexibility index (Phi) is 4.46. The summed E-state index contributed by atoms with van der Waals surface area (Å²) in [5.41, 5.74) is 8.38. The van der Waals surface area contributed by atoms with Crippen LogP contribution in [-0.2, 0) is 0 Å². The predicted molar refractivity (Wildman–Crippen MR) is 83.2 cm³/mol. The SMILES string of the molecule is Cc1oc(C)c(C(=O)Nc2ccc(C#CCN)cc2)c1C. The van der Waals surface area contributed by atoms with Crippen molar-refractivity contribution in [1.82, 2.24) is 0 Å². The monoisotopic (exact) mass is 282 g/mol. The topological polar surface area (TPSA) is 68.3 Å². The van der Waals surface area contributed by atoms with Gasteiger partial charge in [-0.3, -0.25) is 4.79 Å². The van der Waals surface area contributed by atoms with Gasteiger partial charge in [0.1, 0.15) is 11.5 Å². The first-order valence-electron chi connectivity index (χ1n) is 6.70. The Balaban J connectivity index is 2.16. The zero-order chi connectivity index (χ0) is 15.4. The Hall–Kier alpha value is -2.51. The van der Waals surface area contributed by atoms with Crippen LogP contribution in [0.1, 0.15) is 33.0 Å². The third-order valence-corrected chi connectivity index (χ3v) is 3.27. The molecule has 0 saturated heterocycles. The van der Waals surface area contributed by atoms with Crippen molar-refractivity contribution in [2.45, 2.75) is 20.8 Å². The summed E-state index contributed by atoms with van der Waals surface area (Å²) in [4.78, 5) is 12.3. The number of furan rings is 1. The first kappa shape index (κ1) is 14.9. The molecule has 1 aromatic heterocycles. The second-order valence-corrected chi connectivity index (χ2v) is 4.75. The average molecular weight is 282 g/mol. The van der Waals surface area contributed by atoms with E-state index in [9.17, 15) is 4.79 Å². The molecular formula is C17H18N2O2. The molecular weight excluding hydrogens is 264 g/mol. The highest BCUT2D eigenvalue weighted by molar-refractivity contribution is 6.06. The minimum Gasteiger partial charge on any atom is -0.466 e. The summed E-state index contributed by atoms with van der Waals surface area (Å²) in [6, 6.07) is 7.32. The molecule has 21 heavy (non-hydrogen) atoms. The number of hydrogen-bond donors (Lipinski definition) is 2. The summed E-state index contributed by atoms with van der Waals surface area (Å²) >= 11 is 0. The zero-order valence-corrected chi connectivity index (χ0v) is 12.4. The molecule has 0 unspecified atom stereocenters. The Bertz CT molecular complexity index is 716. The highest BCUT2D eigenvalue weighted by Crippen LogP contribution is 2.22. The van der Waals surface area contributed by atoms with Gasteiger partial charge in [0.05, 0.1) is 12.1 Å². The summed E-state index contributed by atoms with van der Waals surface area (Å²) in [6.07, 6.45) is 0. The normalized spacial score (nSPS) is 9.90. The number of nitrogens with one attached hydrogen (secondary N) is 1. The molecule has 4 nitrogen and oxygen atoms in total. The van der Waals surface area contributed by atoms with Crippen molar-refractivity contribution in [3.63, 3.8) is 0 Å². The molecule has 0 aliphatic rings. The Labute approximate surface area is 124 Å². The number of carbonyl (C=O) groups is 1. The van der Waals surface area contributed by atoms with Crippen LogP contribution < -0.4 is 11.1 Å². The van der Waals surface area contributed by atoms with E-state index in [1.165, 1.54) is 0 Å². The van der Waals surface area contributed by atoms with Gasteiger partial charge < -0.3 is 15.5 Å². The minimum absolute atomic E-state index is 0.164. The lowest BCUT2D eigenvalue weighted by atomic mass is 10.1. The van der Waals surface area contributed by atoms with Crippen LogP contribution in [0.4, 0.5) is 5.69 Å². The third kappa shape index (κ3) is 3.33. The van der Waals surface area contributed by atoms with Gasteiger partial charge in [-0.25, -0.2) is 0 Å². The van der Waals surface area contributed by atoms with Crippen LogP contribution in [0.25, 0.3) is 0 Å². The highest BCUT2D eigenvalue weighted by Gasteiger charge is 2.18. The number of anilines is 1. The molecule has 0 saturated carbocycles. The Morgan fingerprint density at radius 2 is 1.86 bits per heavy atom. The van der Waals surface area contributed by atoms with E-state index in [2.05, 4.69) is 17.2 Å². The van der Waals surface area contributed by atoms with Gasteiger partial charge >= 0.3 is 0 Å². The van der Waals surface area contributed by atoms with E-state index >= 15 is 0 Å². The van der Waals surface area contributed by atoms with Crippen LogP contribution in [0, 0.1) is 32.6 Å². The molecule has 108 valence electrons. The lowest BCUT2D eigenvalue weighted by Crippen LogP contribution is -2.13. The van der Waals surface area contributed by atoms with Crippen molar-refractivity contribution in [3.8, 4) is 11.8 Å². The maximum atomic E-state index is 12.3. The fourth-order valence-corrected chi connectivity index (χ4v) is 2.11. The van der Waals surface area contributed by atoms with Gasteiger partial charge in [0.15, 0.2) is 0 Å². The molecule has 1 amide bonds. The molecule has 0 aliphatic carbocycles. The molecule has 4 heteroatoms. The van der Waals surface area contributed by atoms with Crippen molar-refractivity contribution in [2.75, 3.05) is 11.9 Å². The molecule has 1 heterocycles. The number of benzene rings is 1. The van der Waals surface area contributed by atoms with Crippen LogP contribution in [0.3, 0.4) is 0 Å². The second kappa shape index (κ2) is 6.29. The van der Waals surface area contributed by atoms with E-state index in [-0.39, 0.29) is 5.91 Å². The molecule has 1 aromatic carbocycles. The lowest BCUT2D eigenvalue weighted by Gasteiger charge is -2.05. The van der Waals surface area contributed by atoms with Gasteiger partial charge in [0.2, 0.25) is 0 Å². The molecule has 0 radical (unpaired) electrons. The van der Waals surface area contributed by atoms with Crippen LogP contribution in [0.15, 0.2) is 28.7 Å². The van der Waals surface area contributed by atoms with E-state index in [0.29, 0.717) is 17.9 Å². The summed E-state index contributed by atoms with van der Waals surface area (Å²) < 4.78 is 5.48. The Morgan fingerprint density at radius 1 is 1.19 bits per heavy atom. The number of amides is 1. The maximum Gasteiger partial charge on any atom is 0.259 e. The number of nitrogens with two attached hydrogens (primary N) is 1. The second-order valence-electron chi connectivity index (χ2n) is 4.75. The zero-order valence-electron chi connectivity index (χ0n) is 12.4. The van der Waals surface area contributed by atoms with Gasteiger partial charge in [-0.1, -0.05) is 11.8 Å². The molecule has 0 aliphatic heterocycles. The number of hydrogen-bond acceptors (Lipinski definition) is 3. The summed E-state index contributed by atoms with van der Waals surface area (Å²) in [5.74, 6) is 6.96. The molecule has 0 spiro atoms. The summed E-state index contributed by atoms with van der Waals surface area (Å²) in [6.45, 7) is 5.85. The van der Waals surface area contributed by atoms with E-state index in [4.69, 9.17) is 10.2 Å². The van der Waals surface area contributed by atoms with Crippen molar-refractivity contribution in [3.05, 3.63) is 52.5 Å². The number of rotatable bonds is 2. The fraction of sp³-hybridized carbons (Fsp3) is 0.235. The minimum atomic E-state index is -0.164. The maximum absolute atomic E-state index is 12.3. The van der Waals surface area contributed by atoms with E-state index < -0.39 is 0 Å². The van der Waals surface area contributed by atoms with Crippen LogP contribution in [0.5, 0.6) is 0 Å². The van der Waals surface area contributed by atoms with Gasteiger partial charge in [0.25, 0.3) is 5.91 Å². The summed E-state index contributed by atoms with van der Waals surface area (Å²) in [7, 11) is 0. The molecule has 3 N–H and O–H groups in total. The molecule has 0 fully saturated rings. The van der Waals surface area contributed by atoms with Crippen molar-refractivity contribution < 1.29 is 9.21 Å². The van der Waals surface area contributed by atoms with Gasteiger partial charge in [-0.15, -0.1) is 0 Å². The average Bonchev–Trinajstić information content (AvgIpc) is 2.71. The first-order valence-corrected chi connectivity index (χ1v) is 6.70. The largest absolute Gasteiger partial charge is 0.466 e. The van der Waals surface area contributed by atoms with Crippen LogP contribution >= 0.6 is 0 Å². The Morgan fingerprint density at radius 3 is 2.38 bits per heavy atom. The third-order valence-electron chi connectivity index (χ3n) is 3.27. The van der Waals surface area contributed by atoms with E-state index in [0.717, 1.165) is 22.6 Å². The van der Waals surface area contributed by atoms with Gasteiger partial charge in [-0.05, 0) is 45.0 Å².